The minimum atomic E-state index is 0.342. The van der Waals surface area contributed by atoms with Gasteiger partial charge in [0.25, 0.3) is 0 Å². The standard InChI is InChI=1S/C17H26N4O/c1-12-13(2)20(3)17(19-12)16-18-8-9-21(16)10-14-4-6-15(11-22)7-5-14/h8-9,14-15,22H,4-7,10-11H2,1-3H3. The van der Waals surface area contributed by atoms with Gasteiger partial charge in [-0.1, -0.05) is 0 Å². The number of aliphatic hydroxyl groups is 1. The van der Waals surface area contributed by atoms with E-state index in [9.17, 15) is 5.11 Å². The summed E-state index contributed by atoms with van der Waals surface area (Å²) in [5.41, 5.74) is 2.25. The third-order valence-corrected chi connectivity index (χ3v) is 5.21. The van der Waals surface area contributed by atoms with Crippen LogP contribution in [0.25, 0.3) is 11.6 Å². The third-order valence-electron chi connectivity index (χ3n) is 5.21. The van der Waals surface area contributed by atoms with E-state index in [0.717, 1.165) is 36.7 Å². The Bertz CT molecular complexity index is 635. The van der Waals surface area contributed by atoms with Crippen molar-refractivity contribution in [3.8, 4) is 11.6 Å². The first kappa shape index (κ1) is 15.3. The Labute approximate surface area is 132 Å². The second-order valence-corrected chi connectivity index (χ2v) is 6.64. The summed E-state index contributed by atoms with van der Waals surface area (Å²) >= 11 is 0. The normalized spacial score (nSPS) is 22.2. The molecule has 0 radical (unpaired) electrons. The number of aryl methyl sites for hydroxylation is 1. The first-order chi connectivity index (χ1) is 10.6. The SMILES string of the molecule is Cc1nc(-c2nccn2CC2CCC(CO)CC2)n(C)c1C. The van der Waals surface area contributed by atoms with E-state index in [1.165, 1.54) is 18.5 Å². The van der Waals surface area contributed by atoms with Gasteiger partial charge >= 0.3 is 0 Å². The molecule has 0 spiro atoms. The molecule has 3 rings (SSSR count). The third kappa shape index (κ3) is 2.82. The molecule has 5 heteroatoms. The van der Waals surface area contributed by atoms with Gasteiger partial charge in [0.15, 0.2) is 11.6 Å². The van der Waals surface area contributed by atoms with Crippen molar-refractivity contribution >= 4 is 0 Å². The summed E-state index contributed by atoms with van der Waals surface area (Å²) in [6, 6.07) is 0. The molecule has 0 aliphatic heterocycles. The van der Waals surface area contributed by atoms with Gasteiger partial charge in [0.05, 0.1) is 5.69 Å². The zero-order chi connectivity index (χ0) is 15.7. The number of nitrogens with zero attached hydrogens (tertiary/aromatic N) is 4. The highest BCUT2D eigenvalue weighted by Crippen LogP contribution is 2.30. The van der Waals surface area contributed by atoms with E-state index < -0.39 is 0 Å². The predicted octanol–water partition coefficient (Wildman–Crippen LogP) is 2.70. The highest BCUT2D eigenvalue weighted by atomic mass is 16.3. The van der Waals surface area contributed by atoms with E-state index in [2.05, 4.69) is 39.3 Å². The van der Waals surface area contributed by atoms with Gasteiger partial charge in [-0.25, -0.2) is 9.97 Å². The lowest BCUT2D eigenvalue weighted by Gasteiger charge is -2.27. The summed E-state index contributed by atoms with van der Waals surface area (Å²) in [6.07, 6.45) is 8.61. The number of imidazole rings is 2. The maximum absolute atomic E-state index is 9.26. The predicted molar refractivity (Wildman–Crippen MR) is 86.4 cm³/mol. The first-order valence-electron chi connectivity index (χ1n) is 8.22. The molecular weight excluding hydrogens is 276 g/mol. The summed E-state index contributed by atoms with van der Waals surface area (Å²) in [5.74, 6) is 3.10. The quantitative estimate of drug-likeness (QED) is 0.944. The molecular formula is C17H26N4O. The van der Waals surface area contributed by atoms with Crippen LogP contribution in [-0.2, 0) is 13.6 Å². The largest absolute Gasteiger partial charge is 0.396 e. The average Bonchev–Trinajstić information content (AvgIpc) is 3.08. The molecule has 1 aliphatic rings. The van der Waals surface area contributed by atoms with Crippen molar-refractivity contribution in [2.24, 2.45) is 18.9 Å². The summed E-state index contributed by atoms with van der Waals surface area (Å²) < 4.78 is 4.36. The van der Waals surface area contributed by atoms with Gasteiger partial charge in [0.1, 0.15) is 0 Å². The molecule has 0 bridgehead atoms. The van der Waals surface area contributed by atoms with Crippen LogP contribution in [0.5, 0.6) is 0 Å². The van der Waals surface area contributed by atoms with Crippen molar-refractivity contribution < 1.29 is 5.11 Å². The fourth-order valence-electron chi connectivity index (χ4n) is 3.45. The summed E-state index contributed by atoms with van der Waals surface area (Å²) in [4.78, 5) is 9.22. The van der Waals surface area contributed by atoms with E-state index in [0.29, 0.717) is 18.4 Å². The number of aromatic nitrogens is 4. The molecule has 2 aromatic rings. The minimum absolute atomic E-state index is 0.342. The van der Waals surface area contributed by atoms with Gasteiger partial charge in [0, 0.05) is 38.3 Å². The fourth-order valence-corrected chi connectivity index (χ4v) is 3.45. The minimum Gasteiger partial charge on any atom is -0.396 e. The van der Waals surface area contributed by atoms with Crippen LogP contribution in [-0.4, -0.2) is 30.8 Å². The lowest BCUT2D eigenvalue weighted by Crippen LogP contribution is -2.21. The molecule has 0 saturated heterocycles. The van der Waals surface area contributed by atoms with Crippen molar-refractivity contribution in [2.75, 3.05) is 6.61 Å². The van der Waals surface area contributed by atoms with E-state index in [-0.39, 0.29) is 0 Å². The van der Waals surface area contributed by atoms with Crippen molar-refractivity contribution in [3.05, 3.63) is 23.8 Å². The molecule has 0 atom stereocenters. The molecule has 120 valence electrons. The maximum Gasteiger partial charge on any atom is 0.176 e. The topological polar surface area (TPSA) is 55.9 Å². The maximum atomic E-state index is 9.26. The van der Waals surface area contributed by atoms with Crippen LogP contribution in [0.3, 0.4) is 0 Å². The zero-order valence-corrected chi connectivity index (χ0v) is 13.8. The molecule has 1 saturated carbocycles. The van der Waals surface area contributed by atoms with Gasteiger partial charge in [-0.3, -0.25) is 0 Å². The number of hydrogen-bond acceptors (Lipinski definition) is 3. The highest BCUT2D eigenvalue weighted by molar-refractivity contribution is 5.47. The summed E-state index contributed by atoms with van der Waals surface area (Å²) in [7, 11) is 2.05. The molecule has 1 aliphatic carbocycles. The Kier molecular flexibility index (Phi) is 4.34. The van der Waals surface area contributed by atoms with Crippen LogP contribution in [0, 0.1) is 25.7 Å². The van der Waals surface area contributed by atoms with E-state index in [1.807, 2.05) is 13.1 Å². The van der Waals surface area contributed by atoms with Crippen LogP contribution in [0.1, 0.15) is 37.1 Å². The highest BCUT2D eigenvalue weighted by Gasteiger charge is 2.22. The fraction of sp³-hybridized carbons (Fsp3) is 0.647. The Balaban J connectivity index is 1.77. The van der Waals surface area contributed by atoms with Crippen molar-refractivity contribution in [1.82, 2.24) is 19.1 Å². The van der Waals surface area contributed by atoms with Gasteiger partial charge in [0.2, 0.25) is 0 Å². The summed E-state index contributed by atoms with van der Waals surface area (Å²) in [5, 5.41) is 9.26. The molecule has 2 aromatic heterocycles. The van der Waals surface area contributed by atoms with Gasteiger partial charge in [-0.15, -0.1) is 0 Å². The van der Waals surface area contributed by atoms with Gasteiger partial charge in [-0.2, -0.15) is 0 Å². The molecule has 22 heavy (non-hydrogen) atoms. The molecule has 2 heterocycles. The van der Waals surface area contributed by atoms with Crippen LogP contribution in [0.4, 0.5) is 0 Å². The second-order valence-electron chi connectivity index (χ2n) is 6.64. The average molecular weight is 302 g/mol. The monoisotopic (exact) mass is 302 g/mol. The van der Waals surface area contributed by atoms with Gasteiger partial charge in [-0.05, 0) is 51.4 Å². The van der Waals surface area contributed by atoms with E-state index in [4.69, 9.17) is 0 Å². The Morgan fingerprint density at radius 1 is 1.14 bits per heavy atom. The number of rotatable bonds is 4. The number of aliphatic hydroxyl groups excluding tert-OH is 1. The molecule has 5 nitrogen and oxygen atoms in total. The smallest absolute Gasteiger partial charge is 0.176 e. The van der Waals surface area contributed by atoms with Crippen molar-refractivity contribution in [1.29, 1.82) is 0 Å². The second kappa shape index (κ2) is 6.24. The van der Waals surface area contributed by atoms with Crippen LogP contribution in [0.2, 0.25) is 0 Å². The lowest BCUT2D eigenvalue weighted by atomic mass is 9.82. The van der Waals surface area contributed by atoms with E-state index in [1.54, 1.807) is 0 Å². The molecule has 0 aromatic carbocycles. The Hall–Kier alpha value is -1.62. The zero-order valence-electron chi connectivity index (χ0n) is 13.8. The van der Waals surface area contributed by atoms with Crippen LogP contribution in [0.15, 0.2) is 12.4 Å². The molecule has 1 N–H and O–H groups in total. The summed E-state index contributed by atoms with van der Waals surface area (Å²) in [6.45, 7) is 5.48. The molecule has 0 amide bonds. The Morgan fingerprint density at radius 2 is 1.82 bits per heavy atom. The molecule has 0 unspecified atom stereocenters. The van der Waals surface area contributed by atoms with E-state index >= 15 is 0 Å². The van der Waals surface area contributed by atoms with Crippen molar-refractivity contribution in [2.45, 2.75) is 46.1 Å². The van der Waals surface area contributed by atoms with Crippen molar-refractivity contribution in [3.63, 3.8) is 0 Å². The molecule has 1 fully saturated rings. The Morgan fingerprint density at radius 3 is 2.41 bits per heavy atom. The number of hydrogen-bond donors (Lipinski definition) is 1. The van der Waals surface area contributed by atoms with Crippen LogP contribution < -0.4 is 0 Å². The van der Waals surface area contributed by atoms with Crippen LogP contribution >= 0.6 is 0 Å². The first-order valence-corrected chi connectivity index (χ1v) is 8.22. The lowest BCUT2D eigenvalue weighted by molar-refractivity contribution is 0.161. The van der Waals surface area contributed by atoms with Gasteiger partial charge < -0.3 is 14.2 Å².